The number of nitrogens with zero attached hydrogens (tertiary/aromatic N) is 2. The van der Waals surface area contributed by atoms with Crippen LogP contribution in [-0.4, -0.2) is 57.6 Å². The van der Waals surface area contributed by atoms with E-state index in [4.69, 9.17) is 19.5 Å². The highest BCUT2D eigenvalue weighted by molar-refractivity contribution is 7.89. The fourth-order valence-corrected chi connectivity index (χ4v) is 4.62. The number of morpholine rings is 1. The Morgan fingerprint density at radius 2 is 1.88 bits per heavy atom. The van der Waals surface area contributed by atoms with Gasteiger partial charge in [0, 0.05) is 13.1 Å². The van der Waals surface area contributed by atoms with Gasteiger partial charge in [0.2, 0.25) is 10.0 Å². The SMILES string of the molecule is CC(C)Oc1ccc(S(=O)(=O)N2CCOCC2)cc1NC(=O)COc1ccc(CC#N)cc1. The molecule has 0 spiro atoms. The quantitative estimate of drug-likeness (QED) is 0.595. The van der Waals surface area contributed by atoms with E-state index in [0.717, 1.165) is 5.56 Å². The van der Waals surface area contributed by atoms with Crippen LogP contribution in [0.15, 0.2) is 47.4 Å². The largest absolute Gasteiger partial charge is 0.489 e. The molecular weight excluding hydrogens is 446 g/mol. The number of anilines is 1. The van der Waals surface area contributed by atoms with Gasteiger partial charge < -0.3 is 19.5 Å². The minimum absolute atomic E-state index is 0.0600. The Hall–Kier alpha value is -3.13. The molecule has 0 saturated carbocycles. The van der Waals surface area contributed by atoms with Crippen LogP contribution in [0.3, 0.4) is 0 Å². The van der Waals surface area contributed by atoms with Crippen molar-refractivity contribution in [3.05, 3.63) is 48.0 Å². The highest BCUT2D eigenvalue weighted by Gasteiger charge is 2.27. The van der Waals surface area contributed by atoms with Crippen LogP contribution < -0.4 is 14.8 Å². The van der Waals surface area contributed by atoms with Crippen LogP contribution >= 0.6 is 0 Å². The lowest BCUT2D eigenvalue weighted by molar-refractivity contribution is -0.118. The Bertz CT molecular complexity index is 1100. The van der Waals surface area contributed by atoms with E-state index in [1.54, 1.807) is 24.3 Å². The van der Waals surface area contributed by atoms with Crippen molar-refractivity contribution in [2.75, 3.05) is 38.2 Å². The molecule has 1 heterocycles. The van der Waals surface area contributed by atoms with Crippen molar-refractivity contribution in [2.24, 2.45) is 0 Å². The van der Waals surface area contributed by atoms with Gasteiger partial charge in [-0.3, -0.25) is 4.79 Å². The summed E-state index contributed by atoms with van der Waals surface area (Å²) in [6, 6.07) is 13.4. The van der Waals surface area contributed by atoms with Crippen LogP contribution in [0.2, 0.25) is 0 Å². The minimum Gasteiger partial charge on any atom is -0.489 e. The first-order valence-electron chi connectivity index (χ1n) is 10.6. The van der Waals surface area contributed by atoms with Crippen LogP contribution in [0.25, 0.3) is 0 Å². The molecule has 9 nitrogen and oxygen atoms in total. The molecule has 1 aliphatic heterocycles. The highest BCUT2D eigenvalue weighted by atomic mass is 32.2. The van der Waals surface area contributed by atoms with Gasteiger partial charge in [0.25, 0.3) is 5.91 Å². The van der Waals surface area contributed by atoms with Crippen LogP contribution in [0.4, 0.5) is 5.69 Å². The number of hydrogen-bond acceptors (Lipinski definition) is 7. The van der Waals surface area contributed by atoms with Gasteiger partial charge in [-0.05, 0) is 49.7 Å². The number of nitriles is 1. The zero-order chi connectivity index (χ0) is 23.8. The molecular formula is C23H27N3O6S. The first-order chi connectivity index (χ1) is 15.8. The van der Waals surface area contributed by atoms with Crippen molar-refractivity contribution in [1.29, 1.82) is 5.26 Å². The zero-order valence-electron chi connectivity index (χ0n) is 18.6. The van der Waals surface area contributed by atoms with Crippen LogP contribution in [0.1, 0.15) is 19.4 Å². The summed E-state index contributed by atoms with van der Waals surface area (Å²) in [6.07, 6.45) is 0.119. The molecule has 0 aliphatic carbocycles. The van der Waals surface area contributed by atoms with Crippen LogP contribution in [0.5, 0.6) is 11.5 Å². The summed E-state index contributed by atoms with van der Waals surface area (Å²) in [4.78, 5) is 12.6. The van der Waals surface area contributed by atoms with Crippen LogP contribution in [0, 0.1) is 11.3 Å². The molecule has 10 heteroatoms. The van der Waals surface area contributed by atoms with E-state index in [2.05, 4.69) is 11.4 Å². The Labute approximate surface area is 193 Å². The van der Waals surface area contributed by atoms with Gasteiger partial charge in [-0.1, -0.05) is 12.1 Å². The topological polar surface area (TPSA) is 118 Å². The number of ether oxygens (including phenoxy) is 3. The molecule has 1 N–H and O–H groups in total. The van der Waals surface area contributed by atoms with Crippen LogP contribution in [-0.2, 0) is 26.0 Å². The Balaban J connectivity index is 1.74. The van der Waals surface area contributed by atoms with E-state index in [1.807, 2.05) is 13.8 Å². The molecule has 3 rings (SSSR count). The monoisotopic (exact) mass is 473 g/mol. The van der Waals surface area contributed by atoms with Crippen molar-refractivity contribution in [3.63, 3.8) is 0 Å². The third-order valence-electron chi connectivity index (χ3n) is 4.77. The highest BCUT2D eigenvalue weighted by Crippen LogP contribution is 2.30. The van der Waals surface area contributed by atoms with E-state index in [-0.39, 0.29) is 36.4 Å². The summed E-state index contributed by atoms with van der Waals surface area (Å²) in [5, 5.41) is 11.4. The lowest BCUT2D eigenvalue weighted by Crippen LogP contribution is -2.40. The number of amides is 1. The standard InChI is InChI=1S/C23H27N3O6S/c1-17(2)32-22-8-7-20(33(28,29)26-11-13-30-14-12-26)15-21(22)25-23(27)16-31-19-5-3-18(4-6-19)9-10-24/h3-8,15,17H,9,11-14,16H2,1-2H3,(H,25,27). The first-order valence-corrected chi connectivity index (χ1v) is 12.0. The Morgan fingerprint density at radius 1 is 1.18 bits per heavy atom. The molecule has 1 aliphatic rings. The number of sulfonamides is 1. The number of carbonyl (C=O) groups excluding carboxylic acids is 1. The summed E-state index contributed by atoms with van der Waals surface area (Å²) in [5.41, 5.74) is 1.10. The van der Waals surface area contributed by atoms with Gasteiger partial charge in [-0.25, -0.2) is 8.42 Å². The molecule has 0 unspecified atom stereocenters. The zero-order valence-corrected chi connectivity index (χ0v) is 19.4. The predicted octanol–water partition coefficient (Wildman–Crippen LogP) is 2.58. The third kappa shape index (κ3) is 6.68. The lowest BCUT2D eigenvalue weighted by Gasteiger charge is -2.26. The van der Waals surface area contributed by atoms with E-state index < -0.39 is 15.9 Å². The van der Waals surface area contributed by atoms with E-state index >= 15 is 0 Å². The smallest absolute Gasteiger partial charge is 0.262 e. The summed E-state index contributed by atoms with van der Waals surface area (Å²) >= 11 is 0. The van der Waals surface area contributed by atoms with Gasteiger partial charge in [-0.2, -0.15) is 9.57 Å². The normalized spacial score (nSPS) is 14.5. The molecule has 1 fully saturated rings. The molecule has 2 aromatic rings. The summed E-state index contributed by atoms with van der Waals surface area (Å²) in [6.45, 7) is 4.62. The molecule has 176 valence electrons. The number of rotatable bonds is 9. The van der Waals surface area contributed by atoms with Gasteiger partial charge in [0.05, 0.1) is 42.4 Å². The maximum Gasteiger partial charge on any atom is 0.262 e. The van der Waals surface area contributed by atoms with Gasteiger partial charge >= 0.3 is 0 Å². The second-order valence-electron chi connectivity index (χ2n) is 7.66. The summed E-state index contributed by atoms with van der Waals surface area (Å²) in [7, 11) is -3.74. The minimum atomic E-state index is -3.74. The lowest BCUT2D eigenvalue weighted by atomic mass is 10.2. The average molecular weight is 474 g/mol. The molecule has 0 aromatic heterocycles. The maximum absolute atomic E-state index is 13.0. The number of nitrogens with one attached hydrogen (secondary N) is 1. The molecule has 0 radical (unpaired) electrons. The van der Waals surface area contributed by atoms with Gasteiger partial charge in [0.15, 0.2) is 6.61 Å². The molecule has 33 heavy (non-hydrogen) atoms. The first kappa shape index (κ1) is 24.5. The Morgan fingerprint density at radius 3 is 2.52 bits per heavy atom. The third-order valence-corrected chi connectivity index (χ3v) is 6.67. The van der Waals surface area contributed by atoms with Crippen molar-refractivity contribution in [2.45, 2.75) is 31.3 Å². The fourth-order valence-electron chi connectivity index (χ4n) is 3.19. The number of benzene rings is 2. The second kappa shape index (κ2) is 11.1. The van der Waals surface area contributed by atoms with Crippen molar-refractivity contribution >= 4 is 21.6 Å². The molecule has 1 amide bonds. The maximum atomic E-state index is 13.0. The number of hydrogen-bond donors (Lipinski definition) is 1. The summed E-state index contributed by atoms with van der Waals surface area (Å²) in [5.74, 6) is 0.375. The molecule has 0 bridgehead atoms. The van der Waals surface area contributed by atoms with Gasteiger partial charge in [-0.15, -0.1) is 0 Å². The molecule has 0 atom stereocenters. The van der Waals surface area contributed by atoms with E-state index in [1.165, 1.54) is 22.5 Å². The average Bonchev–Trinajstić information content (AvgIpc) is 2.80. The van der Waals surface area contributed by atoms with Gasteiger partial charge in [0.1, 0.15) is 11.5 Å². The Kier molecular flexibility index (Phi) is 8.27. The summed E-state index contributed by atoms with van der Waals surface area (Å²) < 4.78 is 43.9. The second-order valence-corrected chi connectivity index (χ2v) is 9.59. The molecule has 2 aromatic carbocycles. The van der Waals surface area contributed by atoms with Crippen molar-refractivity contribution in [3.8, 4) is 17.6 Å². The van der Waals surface area contributed by atoms with Crippen molar-refractivity contribution in [1.82, 2.24) is 4.31 Å². The van der Waals surface area contributed by atoms with Crippen molar-refractivity contribution < 1.29 is 27.4 Å². The van der Waals surface area contributed by atoms with E-state index in [9.17, 15) is 13.2 Å². The van der Waals surface area contributed by atoms with E-state index in [0.29, 0.717) is 31.1 Å². The molecule has 1 saturated heterocycles. The fraction of sp³-hybridized carbons (Fsp3) is 0.391. The number of carbonyl (C=O) groups is 1. The predicted molar refractivity (Wildman–Crippen MR) is 122 cm³/mol.